The molecule has 0 aromatic heterocycles. The van der Waals surface area contributed by atoms with Gasteiger partial charge in [0.15, 0.2) is 0 Å². The van der Waals surface area contributed by atoms with Crippen molar-refractivity contribution in [1.29, 1.82) is 0 Å². The van der Waals surface area contributed by atoms with Crippen LogP contribution >= 0.6 is 7.82 Å². The van der Waals surface area contributed by atoms with Crippen LogP contribution in [0.25, 0.3) is 0 Å². The fourth-order valence-corrected chi connectivity index (χ4v) is 1.51. The fourth-order valence-electron chi connectivity index (χ4n) is 0.741. The highest BCUT2D eigenvalue weighted by molar-refractivity contribution is 7.47. The average molecular weight is 257 g/mol. The van der Waals surface area contributed by atoms with Crippen LogP contribution in [0.4, 0.5) is 0 Å². The van der Waals surface area contributed by atoms with Crippen molar-refractivity contribution in [2.24, 2.45) is 5.73 Å². The van der Waals surface area contributed by atoms with Gasteiger partial charge in [-0.2, -0.15) is 0 Å². The first-order valence-electron chi connectivity index (χ1n) is 4.51. The zero-order valence-corrected chi connectivity index (χ0v) is 9.76. The standard InChI is InChI=1S/C7H16NO7P/c1-6(10)15-7(4-9)5-14-16(11,12)13-3-2-8/h7,9H,2-5,8H2,1H3,(H,11,12)/t7-/m1/s1. The molecule has 0 fully saturated rings. The number of aliphatic hydroxyl groups is 1. The Morgan fingerprint density at radius 3 is 2.56 bits per heavy atom. The van der Waals surface area contributed by atoms with E-state index in [1.165, 1.54) is 0 Å². The molecule has 0 aromatic carbocycles. The molecule has 0 amide bonds. The number of carbonyl (C=O) groups excluding carboxylic acids is 1. The summed E-state index contributed by atoms with van der Waals surface area (Å²) in [4.78, 5) is 19.6. The lowest BCUT2D eigenvalue weighted by molar-refractivity contribution is -0.150. The SMILES string of the molecule is CC(=O)O[C@H](CO)COP(=O)(O)OCCN. The van der Waals surface area contributed by atoms with Gasteiger partial charge in [-0.25, -0.2) is 4.57 Å². The van der Waals surface area contributed by atoms with E-state index in [-0.39, 0.29) is 13.2 Å². The molecule has 96 valence electrons. The van der Waals surface area contributed by atoms with E-state index >= 15 is 0 Å². The van der Waals surface area contributed by atoms with Gasteiger partial charge >= 0.3 is 13.8 Å². The van der Waals surface area contributed by atoms with Gasteiger partial charge in [0.05, 0.1) is 19.8 Å². The Labute approximate surface area is 92.9 Å². The second-order valence-corrected chi connectivity index (χ2v) is 4.25. The van der Waals surface area contributed by atoms with E-state index in [2.05, 4.69) is 13.8 Å². The maximum atomic E-state index is 11.1. The second-order valence-electron chi connectivity index (χ2n) is 2.80. The Balaban J connectivity index is 3.99. The van der Waals surface area contributed by atoms with Gasteiger partial charge in [-0.3, -0.25) is 13.8 Å². The highest BCUT2D eigenvalue weighted by Gasteiger charge is 2.23. The molecule has 0 aliphatic heterocycles. The van der Waals surface area contributed by atoms with E-state index < -0.39 is 33.1 Å². The lowest BCUT2D eigenvalue weighted by Crippen LogP contribution is -2.25. The molecule has 0 saturated heterocycles. The molecule has 0 heterocycles. The Hall–Kier alpha value is -0.500. The summed E-state index contributed by atoms with van der Waals surface area (Å²) in [6.07, 6.45) is -1.00. The summed E-state index contributed by atoms with van der Waals surface area (Å²) >= 11 is 0. The Bertz CT molecular complexity index is 259. The first-order valence-corrected chi connectivity index (χ1v) is 6.01. The third-order valence-corrected chi connectivity index (χ3v) is 2.32. The average Bonchev–Trinajstić information content (AvgIpc) is 2.21. The van der Waals surface area contributed by atoms with Crippen LogP contribution in [-0.4, -0.2) is 48.4 Å². The molecule has 0 radical (unpaired) electrons. The monoisotopic (exact) mass is 257 g/mol. The van der Waals surface area contributed by atoms with Crippen molar-refractivity contribution in [3.05, 3.63) is 0 Å². The normalized spacial score (nSPS) is 16.5. The van der Waals surface area contributed by atoms with Crippen molar-refractivity contribution < 1.29 is 33.1 Å². The fraction of sp³-hybridized carbons (Fsp3) is 0.857. The van der Waals surface area contributed by atoms with E-state index in [0.717, 1.165) is 6.92 Å². The molecule has 9 heteroatoms. The quantitative estimate of drug-likeness (QED) is 0.373. The van der Waals surface area contributed by atoms with E-state index in [1.807, 2.05) is 0 Å². The number of hydrogen-bond donors (Lipinski definition) is 3. The van der Waals surface area contributed by atoms with Crippen LogP contribution < -0.4 is 5.73 Å². The van der Waals surface area contributed by atoms with Gasteiger partial charge in [0.2, 0.25) is 0 Å². The molecular weight excluding hydrogens is 241 g/mol. The van der Waals surface area contributed by atoms with E-state index in [9.17, 15) is 9.36 Å². The highest BCUT2D eigenvalue weighted by atomic mass is 31.2. The Morgan fingerprint density at radius 1 is 1.50 bits per heavy atom. The van der Waals surface area contributed by atoms with E-state index in [4.69, 9.17) is 15.7 Å². The summed E-state index contributed by atoms with van der Waals surface area (Å²) in [5.41, 5.74) is 5.06. The van der Waals surface area contributed by atoms with Crippen molar-refractivity contribution >= 4 is 13.8 Å². The van der Waals surface area contributed by atoms with Gasteiger partial charge in [0.25, 0.3) is 0 Å². The highest BCUT2D eigenvalue weighted by Crippen LogP contribution is 2.42. The van der Waals surface area contributed by atoms with Crippen LogP contribution in [0, 0.1) is 0 Å². The van der Waals surface area contributed by atoms with Gasteiger partial charge in [-0.1, -0.05) is 0 Å². The number of phosphoric ester groups is 1. The van der Waals surface area contributed by atoms with Gasteiger partial charge in [-0.05, 0) is 0 Å². The summed E-state index contributed by atoms with van der Waals surface area (Å²) < 4.78 is 24.6. The summed E-state index contributed by atoms with van der Waals surface area (Å²) in [5.74, 6) is -0.627. The first kappa shape index (κ1) is 15.5. The van der Waals surface area contributed by atoms with Gasteiger partial charge in [0.1, 0.15) is 6.10 Å². The Kier molecular flexibility index (Phi) is 7.48. The van der Waals surface area contributed by atoms with Crippen molar-refractivity contribution in [2.75, 3.05) is 26.4 Å². The molecule has 16 heavy (non-hydrogen) atoms. The number of nitrogens with two attached hydrogens (primary N) is 1. The maximum Gasteiger partial charge on any atom is 0.472 e. The van der Waals surface area contributed by atoms with Crippen molar-refractivity contribution in [2.45, 2.75) is 13.0 Å². The maximum absolute atomic E-state index is 11.1. The molecule has 0 rings (SSSR count). The number of esters is 1. The van der Waals surface area contributed by atoms with Crippen LogP contribution in [0.3, 0.4) is 0 Å². The summed E-state index contributed by atoms with van der Waals surface area (Å²) in [5, 5.41) is 8.76. The zero-order chi connectivity index (χ0) is 12.6. The van der Waals surface area contributed by atoms with Gasteiger partial charge in [-0.15, -0.1) is 0 Å². The molecule has 4 N–H and O–H groups in total. The lowest BCUT2D eigenvalue weighted by atomic mass is 10.4. The number of phosphoric acid groups is 1. The zero-order valence-electron chi connectivity index (χ0n) is 8.87. The van der Waals surface area contributed by atoms with Crippen molar-refractivity contribution in [3.8, 4) is 0 Å². The number of rotatable bonds is 8. The molecule has 0 spiro atoms. The number of ether oxygens (including phenoxy) is 1. The number of hydrogen-bond acceptors (Lipinski definition) is 7. The van der Waals surface area contributed by atoms with Gasteiger partial charge < -0.3 is 20.5 Å². The van der Waals surface area contributed by atoms with Crippen molar-refractivity contribution in [1.82, 2.24) is 0 Å². The first-order chi connectivity index (χ1) is 7.41. The smallest absolute Gasteiger partial charge is 0.458 e. The molecule has 2 atom stereocenters. The summed E-state index contributed by atoms with van der Waals surface area (Å²) in [7, 11) is -4.20. The largest absolute Gasteiger partial charge is 0.472 e. The van der Waals surface area contributed by atoms with Crippen LogP contribution in [0.15, 0.2) is 0 Å². The third kappa shape index (κ3) is 7.75. The molecule has 0 saturated carbocycles. The minimum atomic E-state index is -4.20. The van der Waals surface area contributed by atoms with Crippen LogP contribution in [0.5, 0.6) is 0 Å². The predicted octanol–water partition coefficient (Wildman–Crippen LogP) is -0.997. The van der Waals surface area contributed by atoms with Gasteiger partial charge in [0, 0.05) is 13.5 Å². The lowest BCUT2D eigenvalue weighted by Gasteiger charge is -2.16. The van der Waals surface area contributed by atoms with Crippen LogP contribution in [0.2, 0.25) is 0 Å². The number of carbonyl (C=O) groups is 1. The molecule has 0 aliphatic carbocycles. The molecule has 1 unspecified atom stereocenters. The second kappa shape index (κ2) is 7.72. The Morgan fingerprint density at radius 2 is 2.12 bits per heavy atom. The molecule has 8 nitrogen and oxygen atoms in total. The molecule has 0 aromatic rings. The molecule has 0 bridgehead atoms. The minimum Gasteiger partial charge on any atom is -0.458 e. The summed E-state index contributed by atoms with van der Waals surface area (Å²) in [6.45, 7) is 0.128. The molecular formula is C7H16NO7P. The van der Waals surface area contributed by atoms with Crippen LogP contribution in [-0.2, 0) is 23.1 Å². The molecule has 0 aliphatic rings. The predicted molar refractivity (Wildman–Crippen MR) is 53.4 cm³/mol. The third-order valence-electron chi connectivity index (χ3n) is 1.33. The minimum absolute atomic E-state index is 0.0707. The topological polar surface area (TPSA) is 128 Å². The summed E-state index contributed by atoms with van der Waals surface area (Å²) in [6, 6.07) is 0. The van der Waals surface area contributed by atoms with E-state index in [1.54, 1.807) is 0 Å². The number of aliphatic hydroxyl groups excluding tert-OH is 1. The van der Waals surface area contributed by atoms with E-state index in [0.29, 0.717) is 0 Å². The van der Waals surface area contributed by atoms with Crippen LogP contribution in [0.1, 0.15) is 6.92 Å². The van der Waals surface area contributed by atoms with Crippen molar-refractivity contribution in [3.63, 3.8) is 0 Å².